The maximum Gasteiger partial charge on any atom is 0.0104 e. The molecule has 0 radical (unpaired) electrons. The molecule has 2 heteroatoms. The average molecular weight is 224 g/mol. The van der Waals surface area contributed by atoms with Crippen molar-refractivity contribution in [3.05, 3.63) is 0 Å². The van der Waals surface area contributed by atoms with Crippen LogP contribution < -0.4 is 5.32 Å². The number of nitrogens with zero attached hydrogens (tertiary/aromatic N) is 1. The lowest BCUT2D eigenvalue weighted by Gasteiger charge is -2.35. The smallest absolute Gasteiger partial charge is 0.0104 e. The van der Waals surface area contributed by atoms with Gasteiger partial charge in [-0.15, -0.1) is 0 Å². The van der Waals surface area contributed by atoms with Gasteiger partial charge in [-0.3, -0.25) is 0 Å². The monoisotopic (exact) mass is 224 g/mol. The number of hydrogen-bond acceptors (Lipinski definition) is 2. The predicted molar refractivity (Wildman–Crippen MR) is 69.7 cm³/mol. The standard InChI is InChI=1S/C14H28N2/c1-11-7-8-13(9-11)15-12-5-4-6-14(10-12)16(2)3/h11-15H,4-10H2,1-3H3. The van der Waals surface area contributed by atoms with E-state index < -0.39 is 0 Å². The van der Waals surface area contributed by atoms with Gasteiger partial charge in [0.2, 0.25) is 0 Å². The third-order valence-corrected chi connectivity index (χ3v) is 4.54. The Bertz CT molecular complexity index is 215. The molecule has 0 aliphatic heterocycles. The van der Waals surface area contributed by atoms with Crippen LogP contribution in [-0.2, 0) is 0 Å². The summed E-state index contributed by atoms with van der Waals surface area (Å²) in [5.41, 5.74) is 0. The molecule has 0 aromatic heterocycles. The van der Waals surface area contributed by atoms with Crippen molar-refractivity contribution < 1.29 is 0 Å². The first kappa shape index (κ1) is 12.4. The van der Waals surface area contributed by atoms with E-state index in [9.17, 15) is 0 Å². The van der Waals surface area contributed by atoms with Crippen molar-refractivity contribution in [2.75, 3.05) is 14.1 Å². The highest BCUT2D eigenvalue weighted by Crippen LogP contribution is 2.28. The van der Waals surface area contributed by atoms with Crippen molar-refractivity contribution in [1.82, 2.24) is 10.2 Å². The molecule has 16 heavy (non-hydrogen) atoms. The molecule has 2 aliphatic rings. The van der Waals surface area contributed by atoms with Crippen LogP contribution in [0.4, 0.5) is 0 Å². The Morgan fingerprint density at radius 2 is 1.69 bits per heavy atom. The first-order valence-corrected chi connectivity index (χ1v) is 7.07. The van der Waals surface area contributed by atoms with Crippen LogP contribution in [0.1, 0.15) is 51.9 Å². The van der Waals surface area contributed by atoms with Gasteiger partial charge in [-0.25, -0.2) is 0 Å². The summed E-state index contributed by atoms with van der Waals surface area (Å²) in [5.74, 6) is 0.950. The second kappa shape index (κ2) is 5.50. The highest BCUT2D eigenvalue weighted by Gasteiger charge is 2.27. The Kier molecular flexibility index (Phi) is 4.26. The molecule has 2 fully saturated rings. The summed E-state index contributed by atoms with van der Waals surface area (Å²) < 4.78 is 0. The molecule has 0 bridgehead atoms. The summed E-state index contributed by atoms with van der Waals surface area (Å²) in [5, 5.41) is 3.91. The van der Waals surface area contributed by atoms with Crippen LogP contribution in [-0.4, -0.2) is 37.1 Å². The maximum absolute atomic E-state index is 3.91. The molecule has 4 atom stereocenters. The lowest BCUT2D eigenvalue weighted by Crippen LogP contribution is -2.44. The summed E-state index contributed by atoms with van der Waals surface area (Å²) in [6, 6.07) is 2.42. The highest BCUT2D eigenvalue weighted by molar-refractivity contribution is 4.87. The van der Waals surface area contributed by atoms with E-state index in [1.54, 1.807) is 0 Å². The van der Waals surface area contributed by atoms with Crippen LogP contribution in [0, 0.1) is 5.92 Å². The maximum atomic E-state index is 3.91. The number of hydrogen-bond donors (Lipinski definition) is 1. The zero-order chi connectivity index (χ0) is 11.5. The van der Waals surface area contributed by atoms with E-state index in [4.69, 9.17) is 0 Å². The summed E-state index contributed by atoms with van der Waals surface area (Å²) >= 11 is 0. The van der Waals surface area contributed by atoms with Crippen LogP contribution in [0.5, 0.6) is 0 Å². The minimum absolute atomic E-state index is 0.788. The number of nitrogens with one attached hydrogen (secondary N) is 1. The van der Waals surface area contributed by atoms with Gasteiger partial charge >= 0.3 is 0 Å². The summed E-state index contributed by atoms with van der Waals surface area (Å²) in [7, 11) is 4.45. The van der Waals surface area contributed by atoms with Crippen molar-refractivity contribution in [3.63, 3.8) is 0 Å². The first-order chi connectivity index (χ1) is 7.65. The fourth-order valence-corrected chi connectivity index (χ4v) is 3.48. The third kappa shape index (κ3) is 3.21. The predicted octanol–water partition coefficient (Wildman–Crippen LogP) is 2.64. The molecule has 2 rings (SSSR count). The fraction of sp³-hybridized carbons (Fsp3) is 1.00. The van der Waals surface area contributed by atoms with Crippen LogP contribution in [0.3, 0.4) is 0 Å². The SMILES string of the molecule is CC1CCC(NC2CCCC(N(C)C)C2)C1. The van der Waals surface area contributed by atoms with Crippen LogP contribution in [0.25, 0.3) is 0 Å². The molecule has 4 unspecified atom stereocenters. The Labute approximate surface area is 101 Å². The normalized spacial score (nSPS) is 40.5. The van der Waals surface area contributed by atoms with Gasteiger partial charge < -0.3 is 10.2 Å². The summed E-state index contributed by atoms with van der Waals surface area (Å²) in [6.07, 6.45) is 9.80. The minimum Gasteiger partial charge on any atom is -0.311 e. The second-order valence-electron chi connectivity index (χ2n) is 6.26. The van der Waals surface area contributed by atoms with Gasteiger partial charge in [0.15, 0.2) is 0 Å². The van der Waals surface area contributed by atoms with E-state index >= 15 is 0 Å². The van der Waals surface area contributed by atoms with Gasteiger partial charge in [-0.1, -0.05) is 13.3 Å². The van der Waals surface area contributed by atoms with Crippen LogP contribution in [0.2, 0.25) is 0 Å². The Balaban J connectivity index is 1.77. The molecule has 0 aromatic rings. The molecule has 2 aliphatic carbocycles. The molecule has 1 N–H and O–H groups in total. The fourth-order valence-electron chi connectivity index (χ4n) is 3.48. The van der Waals surface area contributed by atoms with Gasteiger partial charge in [-0.2, -0.15) is 0 Å². The lowest BCUT2D eigenvalue weighted by atomic mass is 9.90. The molecule has 2 nitrogen and oxygen atoms in total. The summed E-state index contributed by atoms with van der Waals surface area (Å²) in [6.45, 7) is 2.39. The molecule has 0 spiro atoms. The van der Waals surface area contributed by atoms with Crippen molar-refractivity contribution in [2.24, 2.45) is 5.92 Å². The van der Waals surface area contributed by atoms with E-state index in [1.165, 1.54) is 44.9 Å². The largest absolute Gasteiger partial charge is 0.311 e. The third-order valence-electron chi connectivity index (χ3n) is 4.54. The number of rotatable bonds is 3. The molecule has 0 saturated heterocycles. The van der Waals surface area contributed by atoms with Crippen LogP contribution >= 0.6 is 0 Å². The van der Waals surface area contributed by atoms with Crippen molar-refractivity contribution >= 4 is 0 Å². The second-order valence-corrected chi connectivity index (χ2v) is 6.26. The highest BCUT2D eigenvalue weighted by atomic mass is 15.1. The molecule has 0 heterocycles. The quantitative estimate of drug-likeness (QED) is 0.793. The minimum atomic E-state index is 0.788. The van der Waals surface area contributed by atoms with Gasteiger partial charge in [0.05, 0.1) is 0 Å². The van der Waals surface area contributed by atoms with Crippen molar-refractivity contribution in [3.8, 4) is 0 Å². The van der Waals surface area contributed by atoms with E-state index in [0.29, 0.717) is 0 Å². The molecule has 0 amide bonds. The average Bonchev–Trinajstić information content (AvgIpc) is 2.64. The van der Waals surface area contributed by atoms with Gasteiger partial charge in [0, 0.05) is 18.1 Å². The Morgan fingerprint density at radius 3 is 2.31 bits per heavy atom. The van der Waals surface area contributed by atoms with E-state index in [-0.39, 0.29) is 0 Å². The molecular formula is C14H28N2. The van der Waals surface area contributed by atoms with Gasteiger partial charge in [0.1, 0.15) is 0 Å². The van der Waals surface area contributed by atoms with Gasteiger partial charge in [-0.05, 0) is 58.5 Å². The van der Waals surface area contributed by atoms with Crippen molar-refractivity contribution in [1.29, 1.82) is 0 Å². The van der Waals surface area contributed by atoms with Gasteiger partial charge in [0.25, 0.3) is 0 Å². The zero-order valence-corrected chi connectivity index (χ0v) is 11.2. The zero-order valence-electron chi connectivity index (χ0n) is 11.2. The Hall–Kier alpha value is -0.0800. The van der Waals surface area contributed by atoms with Crippen LogP contribution in [0.15, 0.2) is 0 Å². The topological polar surface area (TPSA) is 15.3 Å². The van der Waals surface area contributed by atoms with E-state index in [2.05, 4.69) is 31.2 Å². The van der Waals surface area contributed by atoms with E-state index in [1.807, 2.05) is 0 Å². The first-order valence-electron chi connectivity index (χ1n) is 7.07. The Morgan fingerprint density at radius 1 is 0.938 bits per heavy atom. The van der Waals surface area contributed by atoms with E-state index in [0.717, 1.165) is 24.0 Å². The molecule has 2 saturated carbocycles. The molecular weight excluding hydrogens is 196 g/mol. The van der Waals surface area contributed by atoms with Crippen molar-refractivity contribution in [2.45, 2.75) is 70.0 Å². The molecule has 94 valence electrons. The lowest BCUT2D eigenvalue weighted by molar-refractivity contribution is 0.191. The molecule has 0 aromatic carbocycles. The summed E-state index contributed by atoms with van der Waals surface area (Å²) in [4.78, 5) is 2.41.